The normalized spacial score (nSPS) is 21.4. The number of carbonyl (C=O) groups excluding carboxylic acids is 3. The predicted octanol–water partition coefficient (Wildman–Crippen LogP) is 0.708. The Bertz CT molecular complexity index is 1470. The molecule has 3 aliphatic heterocycles. The number of nitrogens with two attached hydrogens (primary N) is 1. The zero-order chi connectivity index (χ0) is 27.4. The van der Waals surface area contributed by atoms with Crippen LogP contribution in [0.1, 0.15) is 29.8 Å². The number of pyridine rings is 1. The fourth-order valence-corrected chi connectivity index (χ4v) is 6.79. The number of amides is 4. The van der Waals surface area contributed by atoms with Crippen LogP contribution in [0, 0.1) is 11.3 Å². The fourth-order valence-electron chi connectivity index (χ4n) is 6.79. The zero-order valence-electron chi connectivity index (χ0n) is 22.2. The first-order valence-corrected chi connectivity index (χ1v) is 13.8. The Balaban J connectivity index is 0.887. The Hall–Kier alpha value is -4.26. The second-order valence-corrected chi connectivity index (χ2v) is 11.5. The van der Waals surface area contributed by atoms with Gasteiger partial charge in [-0.05, 0) is 37.0 Å². The number of rotatable bonds is 6. The van der Waals surface area contributed by atoms with Gasteiger partial charge in [0.2, 0.25) is 5.91 Å². The van der Waals surface area contributed by atoms with Crippen molar-refractivity contribution < 1.29 is 14.4 Å². The van der Waals surface area contributed by atoms with Crippen LogP contribution >= 0.6 is 0 Å². The van der Waals surface area contributed by atoms with Crippen LogP contribution in [-0.2, 0) is 4.79 Å². The number of piperazine rings is 1. The van der Waals surface area contributed by atoms with Crippen molar-refractivity contribution in [3.8, 4) is 0 Å². The summed E-state index contributed by atoms with van der Waals surface area (Å²) < 4.78 is 1.89. The summed E-state index contributed by atoms with van der Waals surface area (Å²) in [6, 6.07) is 7.20. The number of carbonyl (C=O) groups is 3. The molecule has 1 aliphatic carbocycles. The number of fused-ring (bicyclic) bond motifs is 1. The van der Waals surface area contributed by atoms with Crippen LogP contribution in [0.4, 0.5) is 22.1 Å². The van der Waals surface area contributed by atoms with Crippen LogP contribution in [-0.4, -0.2) is 94.7 Å². The highest BCUT2D eigenvalue weighted by atomic mass is 16.2. The second-order valence-electron chi connectivity index (χ2n) is 11.5. The lowest BCUT2D eigenvalue weighted by Crippen LogP contribution is -2.64. The van der Waals surface area contributed by atoms with E-state index in [1.807, 2.05) is 16.7 Å². The van der Waals surface area contributed by atoms with E-state index in [2.05, 4.69) is 47.3 Å². The highest BCUT2D eigenvalue weighted by Gasteiger charge is 2.52. The van der Waals surface area contributed by atoms with Crippen molar-refractivity contribution in [1.82, 2.24) is 29.8 Å². The molecule has 6 heterocycles. The Morgan fingerprint density at radius 2 is 1.82 bits per heavy atom. The first-order chi connectivity index (χ1) is 19.4. The summed E-state index contributed by atoms with van der Waals surface area (Å²) >= 11 is 0. The van der Waals surface area contributed by atoms with E-state index in [4.69, 9.17) is 5.73 Å². The van der Waals surface area contributed by atoms with Crippen LogP contribution in [0.2, 0.25) is 0 Å². The molecule has 0 atom stereocenters. The number of nitrogens with one attached hydrogen (secondary N) is 1. The lowest BCUT2D eigenvalue weighted by molar-refractivity contribution is -0.120. The average molecular weight is 545 g/mol. The van der Waals surface area contributed by atoms with Crippen LogP contribution in [0.5, 0.6) is 0 Å². The molecule has 3 N–H and O–H groups in total. The maximum absolute atomic E-state index is 12.3. The minimum absolute atomic E-state index is 0.196. The summed E-state index contributed by atoms with van der Waals surface area (Å²) in [7, 11) is 0. The number of primary amides is 1. The minimum atomic E-state index is -0.556. The number of anilines is 3. The summed E-state index contributed by atoms with van der Waals surface area (Å²) in [4.78, 5) is 48.3. The number of hydrogen-bond acceptors (Lipinski definition) is 9. The van der Waals surface area contributed by atoms with Crippen molar-refractivity contribution in [1.29, 1.82) is 0 Å². The molecule has 4 amide bonds. The van der Waals surface area contributed by atoms with Crippen LogP contribution < -0.4 is 25.8 Å². The van der Waals surface area contributed by atoms with E-state index >= 15 is 0 Å². The number of imidazole rings is 1. The highest BCUT2D eigenvalue weighted by Crippen LogP contribution is 2.52. The minimum Gasteiger partial charge on any atom is -0.369 e. The summed E-state index contributed by atoms with van der Waals surface area (Å²) in [5.41, 5.74) is 7.77. The molecule has 3 aromatic rings. The summed E-state index contributed by atoms with van der Waals surface area (Å²) in [5, 5.41) is 10.5. The van der Waals surface area contributed by atoms with E-state index in [1.165, 1.54) is 12.8 Å². The summed E-state index contributed by atoms with van der Waals surface area (Å²) in [5.74, 6) is 1.41. The maximum Gasteiger partial charge on any atom is 0.329 e. The van der Waals surface area contributed by atoms with Crippen LogP contribution in [0.3, 0.4) is 0 Å². The third-order valence-corrected chi connectivity index (χ3v) is 8.78. The van der Waals surface area contributed by atoms with Gasteiger partial charge in [0.05, 0.1) is 6.20 Å². The van der Waals surface area contributed by atoms with Gasteiger partial charge in [-0.25, -0.2) is 9.78 Å². The Morgan fingerprint density at radius 1 is 1.02 bits per heavy atom. The molecule has 1 saturated carbocycles. The van der Waals surface area contributed by atoms with Gasteiger partial charge in [-0.3, -0.25) is 29.1 Å². The van der Waals surface area contributed by atoms with E-state index < -0.39 is 11.9 Å². The zero-order valence-corrected chi connectivity index (χ0v) is 22.2. The largest absolute Gasteiger partial charge is 0.369 e. The van der Waals surface area contributed by atoms with Gasteiger partial charge in [-0.2, -0.15) is 0 Å². The van der Waals surface area contributed by atoms with E-state index in [1.54, 1.807) is 17.2 Å². The Kier molecular flexibility index (Phi) is 5.84. The molecule has 0 bridgehead atoms. The SMILES string of the molecule is NC(=O)c1ccc(N2CC3(CC(CN4CCN(c5ccn6c(N7CCC(=O)NC7=O)cnc6c5)CC4)C3)C2)nn1. The third kappa shape index (κ3) is 4.39. The monoisotopic (exact) mass is 544 g/mol. The number of nitrogens with zero attached hydrogens (tertiary/aromatic N) is 8. The molecule has 7 rings (SSSR count). The molecule has 4 aliphatic rings. The molecular weight excluding hydrogens is 512 g/mol. The molecule has 3 aromatic heterocycles. The first-order valence-electron chi connectivity index (χ1n) is 13.8. The van der Waals surface area contributed by atoms with Crippen molar-refractivity contribution >= 4 is 40.8 Å². The van der Waals surface area contributed by atoms with E-state index in [0.717, 1.165) is 68.9 Å². The standard InChI is InChI=1S/C27H32N10O3/c28-25(39)20-1-2-21(32-31-20)35-16-27(17-35)12-18(13-27)15-33-7-9-34(10-8-33)19-3-5-36-22(11-19)29-14-24(36)37-6-4-23(38)30-26(37)40/h1-3,5,11,14,18H,4,6-10,12-13,15-17H2,(H2,28,39)(H,30,38,40). The molecule has 0 radical (unpaired) electrons. The van der Waals surface area contributed by atoms with Crippen LogP contribution in [0.15, 0.2) is 36.7 Å². The highest BCUT2D eigenvalue weighted by molar-refractivity contribution is 6.05. The molecule has 1 spiro atoms. The summed E-state index contributed by atoms with van der Waals surface area (Å²) in [6.07, 6.45) is 6.42. The smallest absolute Gasteiger partial charge is 0.329 e. The predicted molar refractivity (Wildman–Crippen MR) is 147 cm³/mol. The third-order valence-electron chi connectivity index (χ3n) is 8.78. The first kappa shape index (κ1) is 24.8. The molecule has 13 nitrogen and oxygen atoms in total. The number of hydrogen-bond donors (Lipinski definition) is 2. The Morgan fingerprint density at radius 3 is 2.52 bits per heavy atom. The van der Waals surface area contributed by atoms with E-state index in [0.29, 0.717) is 17.8 Å². The average Bonchev–Trinajstić information content (AvgIpc) is 3.33. The van der Waals surface area contributed by atoms with Gasteiger partial charge >= 0.3 is 6.03 Å². The van der Waals surface area contributed by atoms with Gasteiger partial charge in [-0.1, -0.05) is 0 Å². The lowest BCUT2D eigenvalue weighted by atomic mass is 9.57. The second kappa shape index (κ2) is 9.44. The maximum atomic E-state index is 12.3. The Labute approximate surface area is 230 Å². The van der Waals surface area contributed by atoms with E-state index in [-0.39, 0.29) is 18.0 Å². The van der Waals surface area contributed by atoms with Gasteiger partial charge in [-0.15, -0.1) is 10.2 Å². The van der Waals surface area contributed by atoms with Gasteiger partial charge in [0.25, 0.3) is 5.91 Å². The topological polar surface area (TPSA) is 145 Å². The molecule has 40 heavy (non-hydrogen) atoms. The molecule has 3 saturated heterocycles. The van der Waals surface area contributed by atoms with Crippen molar-refractivity contribution in [3.63, 3.8) is 0 Å². The summed E-state index contributed by atoms with van der Waals surface area (Å²) in [6.45, 7) is 7.49. The molecule has 0 aromatic carbocycles. The molecule has 208 valence electrons. The number of urea groups is 1. The van der Waals surface area contributed by atoms with Crippen molar-refractivity contribution in [2.45, 2.75) is 19.3 Å². The fraction of sp³-hybridized carbons (Fsp3) is 0.481. The van der Waals surface area contributed by atoms with Gasteiger partial charge in [0.1, 0.15) is 11.5 Å². The van der Waals surface area contributed by atoms with Crippen LogP contribution in [0.25, 0.3) is 5.65 Å². The molecule has 0 unspecified atom stereocenters. The van der Waals surface area contributed by atoms with Gasteiger partial charge in [0.15, 0.2) is 11.5 Å². The van der Waals surface area contributed by atoms with Gasteiger partial charge in [0, 0.05) is 82.1 Å². The number of aromatic nitrogens is 4. The van der Waals surface area contributed by atoms with Gasteiger partial charge < -0.3 is 15.5 Å². The molecular formula is C27H32N10O3. The quantitative estimate of drug-likeness (QED) is 0.458. The van der Waals surface area contributed by atoms with Crippen molar-refractivity contribution in [3.05, 3.63) is 42.4 Å². The van der Waals surface area contributed by atoms with Crippen molar-refractivity contribution in [2.24, 2.45) is 17.1 Å². The molecule has 4 fully saturated rings. The van der Waals surface area contributed by atoms with Crippen molar-refractivity contribution in [2.75, 3.05) is 67.1 Å². The van der Waals surface area contributed by atoms with E-state index in [9.17, 15) is 14.4 Å². The molecule has 13 heteroatoms. The lowest BCUT2D eigenvalue weighted by Gasteiger charge is -2.60. The number of imide groups is 1.